The number of hydrogen-bond donors (Lipinski definition) is 2. The first kappa shape index (κ1) is 11.5. The number of para-hydroxylation sites is 1. The quantitative estimate of drug-likeness (QED) is 0.741. The minimum absolute atomic E-state index is 0.584. The maximum Gasteiger partial charge on any atom is 0.137 e. The molecule has 0 unspecified atom stereocenters. The Kier molecular flexibility index (Phi) is 2.75. The Balaban J connectivity index is 1.88. The molecule has 0 atom stereocenters. The number of hydrogen-bond acceptors (Lipinski definition) is 5. The summed E-state index contributed by atoms with van der Waals surface area (Å²) in [6.45, 7) is 0.584. The minimum atomic E-state index is 0.584. The molecule has 0 fully saturated rings. The van der Waals surface area contributed by atoms with E-state index in [9.17, 15) is 0 Å². The van der Waals surface area contributed by atoms with E-state index >= 15 is 0 Å². The zero-order valence-electron chi connectivity index (χ0n) is 10.5. The summed E-state index contributed by atoms with van der Waals surface area (Å²) in [7, 11) is 1.82. The third kappa shape index (κ3) is 2.08. The lowest BCUT2D eigenvalue weighted by atomic mass is 10.2. The van der Waals surface area contributed by atoms with Crippen LogP contribution in [0.2, 0.25) is 0 Å². The smallest absolute Gasteiger partial charge is 0.137 e. The van der Waals surface area contributed by atoms with Crippen molar-refractivity contribution in [1.82, 2.24) is 19.7 Å². The topological polar surface area (TPSA) is 81.7 Å². The van der Waals surface area contributed by atoms with Crippen molar-refractivity contribution < 1.29 is 0 Å². The molecule has 2 aromatic heterocycles. The highest BCUT2D eigenvalue weighted by molar-refractivity contribution is 5.88. The number of nitrogen functional groups attached to an aromatic ring is 1. The summed E-state index contributed by atoms with van der Waals surface area (Å²) in [5, 5.41) is 8.38. The zero-order valence-corrected chi connectivity index (χ0v) is 10.5. The summed E-state index contributed by atoms with van der Waals surface area (Å²) in [4.78, 5) is 8.49. The molecule has 0 spiro atoms. The molecule has 19 heavy (non-hydrogen) atoms. The summed E-state index contributed by atoms with van der Waals surface area (Å²) in [5.41, 5.74) is 7.77. The van der Waals surface area contributed by atoms with Crippen LogP contribution < -0.4 is 11.1 Å². The van der Waals surface area contributed by atoms with Gasteiger partial charge in [0.1, 0.15) is 18.0 Å². The summed E-state index contributed by atoms with van der Waals surface area (Å²) < 4.78 is 1.65. The van der Waals surface area contributed by atoms with Gasteiger partial charge in [-0.1, -0.05) is 12.1 Å². The van der Waals surface area contributed by atoms with Crippen LogP contribution in [0.15, 0.2) is 36.8 Å². The van der Waals surface area contributed by atoms with E-state index in [2.05, 4.69) is 20.4 Å². The van der Waals surface area contributed by atoms with Gasteiger partial charge in [-0.25, -0.2) is 9.97 Å². The van der Waals surface area contributed by atoms with E-state index in [-0.39, 0.29) is 0 Å². The molecule has 96 valence electrons. The van der Waals surface area contributed by atoms with Crippen LogP contribution >= 0.6 is 0 Å². The van der Waals surface area contributed by atoms with Crippen molar-refractivity contribution in [2.24, 2.45) is 7.05 Å². The van der Waals surface area contributed by atoms with Crippen LogP contribution in [0.25, 0.3) is 10.9 Å². The summed E-state index contributed by atoms with van der Waals surface area (Å²) in [6, 6.07) is 7.87. The predicted octanol–water partition coefficient (Wildman–Crippen LogP) is 1.56. The lowest BCUT2D eigenvalue weighted by Gasteiger charge is -2.07. The average molecular weight is 254 g/mol. The van der Waals surface area contributed by atoms with Crippen molar-refractivity contribution in [1.29, 1.82) is 0 Å². The average Bonchev–Trinajstić information content (AvgIpc) is 2.76. The number of nitrogens with one attached hydrogen (secondary N) is 1. The van der Waals surface area contributed by atoms with Crippen LogP contribution in [-0.4, -0.2) is 19.7 Å². The standard InChI is InChI=1S/C13H14N6/c1-19-12(14)9(7-18-19)6-15-13-10-4-2-3-5-11(10)16-8-17-13/h2-5,7-8H,6,14H2,1H3,(H,15,16,17). The van der Waals surface area contributed by atoms with E-state index in [1.54, 1.807) is 17.2 Å². The van der Waals surface area contributed by atoms with Gasteiger partial charge in [0.2, 0.25) is 0 Å². The van der Waals surface area contributed by atoms with Gasteiger partial charge in [-0.05, 0) is 12.1 Å². The first-order valence-corrected chi connectivity index (χ1v) is 5.95. The molecule has 3 aromatic rings. The Morgan fingerprint density at radius 3 is 2.89 bits per heavy atom. The largest absolute Gasteiger partial charge is 0.384 e. The minimum Gasteiger partial charge on any atom is -0.384 e. The van der Waals surface area contributed by atoms with Crippen molar-refractivity contribution in [2.45, 2.75) is 6.54 Å². The molecule has 0 saturated heterocycles. The fraction of sp³-hybridized carbons (Fsp3) is 0.154. The summed E-state index contributed by atoms with van der Waals surface area (Å²) in [5.74, 6) is 1.46. The second-order valence-corrected chi connectivity index (χ2v) is 4.27. The zero-order chi connectivity index (χ0) is 13.2. The molecule has 6 nitrogen and oxygen atoms in total. The van der Waals surface area contributed by atoms with Gasteiger partial charge in [-0.3, -0.25) is 4.68 Å². The van der Waals surface area contributed by atoms with Gasteiger partial charge >= 0.3 is 0 Å². The maximum absolute atomic E-state index is 5.91. The fourth-order valence-corrected chi connectivity index (χ4v) is 1.95. The number of nitrogens with two attached hydrogens (primary N) is 1. The van der Waals surface area contributed by atoms with Gasteiger partial charge < -0.3 is 11.1 Å². The van der Waals surface area contributed by atoms with Crippen molar-refractivity contribution in [2.75, 3.05) is 11.1 Å². The molecule has 3 N–H and O–H groups in total. The van der Waals surface area contributed by atoms with Crippen LogP contribution in [0.1, 0.15) is 5.56 Å². The van der Waals surface area contributed by atoms with E-state index in [4.69, 9.17) is 5.73 Å². The number of aromatic nitrogens is 4. The van der Waals surface area contributed by atoms with Crippen molar-refractivity contribution in [3.63, 3.8) is 0 Å². The van der Waals surface area contributed by atoms with E-state index in [0.717, 1.165) is 22.3 Å². The third-order valence-electron chi connectivity index (χ3n) is 3.05. The molecule has 0 aliphatic heterocycles. The molecular formula is C13H14N6. The molecule has 2 heterocycles. The van der Waals surface area contributed by atoms with Gasteiger partial charge in [0.25, 0.3) is 0 Å². The predicted molar refractivity (Wildman–Crippen MR) is 74.5 cm³/mol. The number of fused-ring (bicyclic) bond motifs is 1. The monoisotopic (exact) mass is 254 g/mol. The molecular weight excluding hydrogens is 240 g/mol. The van der Waals surface area contributed by atoms with Crippen molar-refractivity contribution in [3.8, 4) is 0 Å². The Labute approximate surface area is 110 Å². The van der Waals surface area contributed by atoms with Crippen LogP contribution in [0.3, 0.4) is 0 Å². The second-order valence-electron chi connectivity index (χ2n) is 4.27. The molecule has 0 bridgehead atoms. The Bertz CT molecular complexity index is 713. The summed E-state index contributed by atoms with van der Waals surface area (Å²) >= 11 is 0. The van der Waals surface area contributed by atoms with Gasteiger partial charge in [0.05, 0.1) is 11.7 Å². The van der Waals surface area contributed by atoms with Gasteiger partial charge in [-0.15, -0.1) is 0 Å². The number of aryl methyl sites for hydroxylation is 1. The first-order chi connectivity index (χ1) is 9.25. The van der Waals surface area contributed by atoms with E-state index in [1.165, 1.54) is 0 Å². The van der Waals surface area contributed by atoms with E-state index in [1.807, 2.05) is 31.3 Å². The van der Waals surface area contributed by atoms with E-state index in [0.29, 0.717) is 12.4 Å². The number of benzene rings is 1. The SMILES string of the molecule is Cn1ncc(CNc2ncnc3ccccc23)c1N. The highest BCUT2D eigenvalue weighted by atomic mass is 15.3. The van der Waals surface area contributed by atoms with Crippen LogP contribution in [0.4, 0.5) is 11.6 Å². The molecule has 3 rings (SSSR count). The summed E-state index contributed by atoms with van der Waals surface area (Å²) in [6.07, 6.45) is 3.31. The van der Waals surface area contributed by atoms with Crippen LogP contribution in [-0.2, 0) is 13.6 Å². The second kappa shape index (κ2) is 4.56. The number of anilines is 2. The number of rotatable bonds is 3. The first-order valence-electron chi connectivity index (χ1n) is 5.95. The molecule has 0 radical (unpaired) electrons. The van der Waals surface area contributed by atoms with Crippen LogP contribution in [0.5, 0.6) is 0 Å². The molecule has 0 amide bonds. The lowest BCUT2D eigenvalue weighted by molar-refractivity contribution is 0.778. The Morgan fingerprint density at radius 1 is 1.26 bits per heavy atom. The lowest BCUT2D eigenvalue weighted by Crippen LogP contribution is -2.05. The maximum atomic E-state index is 5.91. The molecule has 0 aliphatic carbocycles. The Morgan fingerprint density at radius 2 is 2.11 bits per heavy atom. The highest BCUT2D eigenvalue weighted by Gasteiger charge is 2.06. The number of nitrogens with zero attached hydrogens (tertiary/aromatic N) is 4. The third-order valence-corrected chi connectivity index (χ3v) is 3.05. The molecule has 1 aromatic carbocycles. The highest BCUT2D eigenvalue weighted by Crippen LogP contribution is 2.19. The van der Waals surface area contributed by atoms with Gasteiger partial charge in [0.15, 0.2) is 0 Å². The van der Waals surface area contributed by atoms with Gasteiger partial charge in [-0.2, -0.15) is 5.10 Å². The molecule has 6 heteroatoms. The molecule has 0 saturated carbocycles. The fourth-order valence-electron chi connectivity index (χ4n) is 1.95. The van der Waals surface area contributed by atoms with Crippen molar-refractivity contribution >= 4 is 22.5 Å². The normalized spacial score (nSPS) is 10.8. The molecule has 0 aliphatic rings. The van der Waals surface area contributed by atoms with Crippen LogP contribution in [0, 0.1) is 0 Å². The van der Waals surface area contributed by atoms with Gasteiger partial charge in [0, 0.05) is 24.5 Å². The van der Waals surface area contributed by atoms with E-state index < -0.39 is 0 Å². The van der Waals surface area contributed by atoms with Crippen molar-refractivity contribution in [3.05, 3.63) is 42.4 Å². The Hall–Kier alpha value is -2.63.